The fourth-order valence-electron chi connectivity index (χ4n) is 2.62. The number of hydrogen-bond acceptors (Lipinski definition) is 2. The van der Waals surface area contributed by atoms with Crippen molar-refractivity contribution in [3.63, 3.8) is 0 Å². The summed E-state index contributed by atoms with van der Waals surface area (Å²) in [4.78, 5) is 11.7. The average molecular weight is 286 g/mol. The summed E-state index contributed by atoms with van der Waals surface area (Å²) in [6, 6.07) is 1.98. The molecule has 0 N–H and O–H groups in total. The molecule has 1 fully saturated rings. The predicted molar refractivity (Wildman–Crippen MR) is 79.0 cm³/mol. The van der Waals surface area contributed by atoms with E-state index in [0.717, 1.165) is 23.7 Å². The number of halogens is 1. The lowest BCUT2D eigenvalue weighted by atomic mass is 10.0. The fraction of sp³-hybridized carbons (Fsp3) is 0.643. The Kier molecular flexibility index (Phi) is 4.79. The molecule has 1 aliphatic rings. The van der Waals surface area contributed by atoms with Gasteiger partial charge >= 0.3 is 0 Å². The quantitative estimate of drug-likeness (QED) is 0.622. The van der Waals surface area contributed by atoms with Gasteiger partial charge in [-0.1, -0.05) is 0 Å². The number of hydrogen-bond donors (Lipinski definition) is 0. The molecule has 2 heterocycles. The molecule has 2 nitrogen and oxygen atoms in total. The van der Waals surface area contributed by atoms with Crippen molar-refractivity contribution in [1.29, 1.82) is 0 Å². The maximum atomic E-state index is 11.7. The van der Waals surface area contributed by atoms with Crippen LogP contribution in [0.1, 0.15) is 34.6 Å². The average Bonchev–Trinajstić information content (AvgIpc) is 2.67. The van der Waals surface area contributed by atoms with E-state index < -0.39 is 0 Å². The molecule has 1 saturated heterocycles. The number of aromatic nitrogens is 1. The molecule has 100 valence electrons. The molecule has 1 aromatic rings. The minimum absolute atomic E-state index is 0.0372. The summed E-state index contributed by atoms with van der Waals surface area (Å²) in [5, 5.41) is 0. The van der Waals surface area contributed by atoms with Crippen LogP contribution in [0.15, 0.2) is 6.07 Å². The number of carbonyl (C=O) groups is 1. The molecule has 0 saturated carbocycles. The summed E-state index contributed by atoms with van der Waals surface area (Å²) < 4.78 is 2.29. The van der Waals surface area contributed by atoms with E-state index in [2.05, 4.69) is 23.3 Å². The highest BCUT2D eigenvalue weighted by Gasteiger charge is 2.19. The summed E-state index contributed by atoms with van der Waals surface area (Å²) in [6.45, 7) is 5.16. The van der Waals surface area contributed by atoms with E-state index in [1.165, 1.54) is 30.0 Å². The molecule has 0 unspecified atom stereocenters. The number of aryl methyl sites for hydroxylation is 1. The Balaban J connectivity index is 2.17. The Labute approximate surface area is 118 Å². The summed E-state index contributed by atoms with van der Waals surface area (Å²) in [5.41, 5.74) is 3.06. The molecule has 0 aromatic carbocycles. The number of alkyl halides is 1. The van der Waals surface area contributed by atoms with Gasteiger partial charge < -0.3 is 4.57 Å². The van der Waals surface area contributed by atoms with Gasteiger partial charge in [-0.25, -0.2) is 0 Å². The van der Waals surface area contributed by atoms with Crippen LogP contribution >= 0.6 is 23.4 Å². The zero-order chi connectivity index (χ0) is 13.1. The van der Waals surface area contributed by atoms with Crippen molar-refractivity contribution in [2.75, 3.05) is 17.4 Å². The Bertz CT molecular complexity index is 435. The van der Waals surface area contributed by atoms with Gasteiger partial charge in [-0.2, -0.15) is 11.8 Å². The van der Waals surface area contributed by atoms with E-state index in [1.807, 2.05) is 13.0 Å². The number of carbonyl (C=O) groups excluding carboxylic acids is 1. The molecule has 0 bridgehead atoms. The molecule has 0 amide bonds. The van der Waals surface area contributed by atoms with Crippen molar-refractivity contribution in [3.8, 4) is 0 Å². The lowest BCUT2D eigenvalue weighted by molar-refractivity contribution is 0.102. The lowest BCUT2D eigenvalue weighted by Crippen LogP contribution is -2.18. The van der Waals surface area contributed by atoms with Gasteiger partial charge in [0.05, 0.1) is 5.88 Å². The van der Waals surface area contributed by atoms with Gasteiger partial charge in [-0.05, 0) is 50.2 Å². The normalized spacial score (nSPS) is 17.1. The number of Topliss-reactive ketones (excluding diaryl/α,β-unsaturated/α-hetero) is 1. The van der Waals surface area contributed by atoms with E-state index in [-0.39, 0.29) is 11.7 Å². The van der Waals surface area contributed by atoms with E-state index in [0.29, 0.717) is 0 Å². The van der Waals surface area contributed by atoms with Gasteiger partial charge in [0.2, 0.25) is 0 Å². The van der Waals surface area contributed by atoms with Crippen LogP contribution in [0.2, 0.25) is 0 Å². The van der Waals surface area contributed by atoms with Gasteiger partial charge in [0.25, 0.3) is 0 Å². The molecular weight excluding hydrogens is 266 g/mol. The van der Waals surface area contributed by atoms with Crippen molar-refractivity contribution < 1.29 is 4.79 Å². The second-order valence-corrected chi connectivity index (χ2v) is 6.50. The molecule has 2 rings (SSSR count). The molecule has 1 aromatic heterocycles. The second-order valence-electron chi connectivity index (χ2n) is 5.01. The molecule has 0 aliphatic carbocycles. The Morgan fingerprint density at radius 2 is 2.11 bits per heavy atom. The van der Waals surface area contributed by atoms with Gasteiger partial charge in [-0.3, -0.25) is 4.79 Å². The fourth-order valence-corrected chi connectivity index (χ4v) is 3.97. The third kappa shape index (κ3) is 2.94. The van der Waals surface area contributed by atoms with Crippen molar-refractivity contribution in [2.45, 2.75) is 33.2 Å². The maximum absolute atomic E-state index is 11.7. The molecule has 0 spiro atoms. The highest BCUT2D eigenvalue weighted by atomic mass is 35.5. The van der Waals surface area contributed by atoms with Crippen molar-refractivity contribution in [1.82, 2.24) is 4.57 Å². The van der Waals surface area contributed by atoms with Crippen LogP contribution in [-0.2, 0) is 6.54 Å². The highest BCUT2D eigenvalue weighted by molar-refractivity contribution is 7.99. The van der Waals surface area contributed by atoms with Crippen LogP contribution < -0.4 is 0 Å². The standard InChI is InChI=1S/C14H20ClNOS/c1-10-7-13(14(17)8-15)11(2)16(10)9-12-3-5-18-6-4-12/h7,12H,3-6,8-9H2,1-2H3. The van der Waals surface area contributed by atoms with Crippen LogP contribution in [0.3, 0.4) is 0 Å². The summed E-state index contributed by atoms with van der Waals surface area (Å²) in [6.07, 6.45) is 2.58. The Morgan fingerprint density at radius 1 is 1.44 bits per heavy atom. The third-order valence-corrected chi connectivity index (χ3v) is 5.07. The summed E-state index contributed by atoms with van der Waals surface area (Å²) in [7, 11) is 0. The molecule has 18 heavy (non-hydrogen) atoms. The van der Waals surface area contributed by atoms with Gasteiger partial charge in [-0.15, -0.1) is 11.6 Å². The van der Waals surface area contributed by atoms with Crippen molar-refractivity contribution in [2.24, 2.45) is 5.92 Å². The van der Waals surface area contributed by atoms with E-state index in [1.54, 1.807) is 0 Å². The highest BCUT2D eigenvalue weighted by Crippen LogP contribution is 2.26. The first kappa shape index (κ1) is 14.0. The smallest absolute Gasteiger partial charge is 0.179 e. The minimum atomic E-state index is 0.0372. The van der Waals surface area contributed by atoms with Gasteiger partial charge in [0, 0.05) is 23.5 Å². The SMILES string of the molecule is Cc1cc(C(=O)CCl)c(C)n1CC1CCSCC1. The van der Waals surface area contributed by atoms with Crippen molar-refractivity contribution >= 4 is 29.1 Å². The van der Waals surface area contributed by atoms with Crippen LogP contribution in [0.5, 0.6) is 0 Å². The van der Waals surface area contributed by atoms with Crippen LogP contribution in [0, 0.1) is 19.8 Å². The lowest BCUT2D eigenvalue weighted by Gasteiger charge is -2.23. The number of ketones is 1. The molecule has 0 atom stereocenters. The van der Waals surface area contributed by atoms with Crippen molar-refractivity contribution in [3.05, 3.63) is 23.0 Å². The molecule has 0 radical (unpaired) electrons. The first-order chi connectivity index (χ1) is 8.63. The molecule has 1 aliphatic heterocycles. The van der Waals surface area contributed by atoms with E-state index >= 15 is 0 Å². The van der Waals surface area contributed by atoms with Gasteiger partial charge in [0.15, 0.2) is 5.78 Å². The number of rotatable bonds is 4. The monoisotopic (exact) mass is 285 g/mol. The zero-order valence-corrected chi connectivity index (χ0v) is 12.6. The minimum Gasteiger partial charge on any atom is -0.348 e. The zero-order valence-electron chi connectivity index (χ0n) is 11.0. The largest absolute Gasteiger partial charge is 0.348 e. The summed E-state index contributed by atoms with van der Waals surface area (Å²) in [5.74, 6) is 3.42. The first-order valence-electron chi connectivity index (χ1n) is 6.47. The number of nitrogens with zero attached hydrogens (tertiary/aromatic N) is 1. The maximum Gasteiger partial charge on any atom is 0.179 e. The molecule has 4 heteroatoms. The van der Waals surface area contributed by atoms with Crippen LogP contribution in [0.25, 0.3) is 0 Å². The number of thioether (sulfide) groups is 1. The van der Waals surface area contributed by atoms with E-state index in [9.17, 15) is 4.79 Å². The first-order valence-corrected chi connectivity index (χ1v) is 8.16. The predicted octanol–water partition coefficient (Wildman–Crippen LogP) is 3.67. The third-order valence-electron chi connectivity index (χ3n) is 3.78. The van der Waals surface area contributed by atoms with Gasteiger partial charge in [0.1, 0.15) is 0 Å². The molecular formula is C14H20ClNOS. The summed E-state index contributed by atoms with van der Waals surface area (Å²) >= 11 is 7.70. The Morgan fingerprint density at radius 3 is 2.72 bits per heavy atom. The topological polar surface area (TPSA) is 22.0 Å². The van der Waals surface area contributed by atoms with Crippen LogP contribution in [0.4, 0.5) is 0 Å². The van der Waals surface area contributed by atoms with Crippen LogP contribution in [-0.4, -0.2) is 27.7 Å². The Hall–Kier alpha value is -0.410. The van der Waals surface area contributed by atoms with E-state index in [4.69, 9.17) is 11.6 Å². The second kappa shape index (κ2) is 6.16.